The number of benzene rings is 1. The van der Waals surface area contributed by atoms with Crippen molar-refractivity contribution >= 4 is 0 Å². The van der Waals surface area contributed by atoms with Crippen molar-refractivity contribution in [2.45, 2.75) is 12.5 Å². The molecule has 1 N–H and O–H groups in total. The van der Waals surface area contributed by atoms with E-state index < -0.39 is 23.6 Å². The molecule has 0 aliphatic carbocycles. The van der Waals surface area contributed by atoms with Crippen LogP contribution < -0.4 is 0 Å². The number of aliphatic hydroxyl groups excluding tert-OH is 1. The molecule has 0 fully saturated rings. The quantitative estimate of drug-likeness (QED) is 0.853. The summed E-state index contributed by atoms with van der Waals surface area (Å²) in [5.41, 5.74) is 0.769. The van der Waals surface area contributed by atoms with Gasteiger partial charge in [0.1, 0.15) is 0 Å². The van der Waals surface area contributed by atoms with Crippen LogP contribution >= 0.6 is 0 Å². The molecule has 1 atom stereocenters. The second-order valence-electron chi connectivity index (χ2n) is 3.87. The van der Waals surface area contributed by atoms with Crippen LogP contribution in [0.1, 0.15) is 17.2 Å². The second kappa shape index (κ2) is 5.18. The topological polar surface area (TPSA) is 33.1 Å². The number of hydrogen-bond acceptors (Lipinski definition) is 2. The Kier molecular flexibility index (Phi) is 3.62. The average molecular weight is 253 g/mol. The molecule has 0 amide bonds. The molecule has 0 radical (unpaired) electrons. The first-order valence-electron chi connectivity index (χ1n) is 5.29. The highest BCUT2D eigenvalue weighted by atomic mass is 19.2. The summed E-state index contributed by atoms with van der Waals surface area (Å²) in [5.74, 6) is -4.15. The molecule has 2 rings (SSSR count). The lowest BCUT2D eigenvalue weighted by Crippen LogP contribution is -2.04. The van der Waals surface area contributed by atoms with Gasteiger partial charge in [-0.3, -0.25) is 4.98 Å². The molecular weight excluding hydrogens is 243 g/mol. The van der Waals surface area contributed by atoms with E-state index in [1.807, 2.05) is 0 Å². The van der Waals surface area contributed by atoms with E-state index in [-0.39, 0.29) is 12.0 Å². The van der Waals surface area contributed by atoms with Gasteiger partial charge in [0.15, 0.2) is 17.5 Å². The Morgan fingerprint density at radius 2 is 1.61 bits per heavy atom. The van der Waals surface area contributed by atoms with Gasteiger partial charge < -0.3 is 5.11 Å². The molecule has 0 saturated carbocycles. The third-order valence-corrected chi connectivity index (χ3v) is 2.57. The predicted octanol–water partition coefficient (Wildman–Crippen LogP) is 2.78. The standard InChI is InChI=1S/C13H10F3NO/c14-10-6-9(7-11(15)13(10)16)12(18)5-8-1-3-17-4-2-8/h1-4,6-7,12,18H,5H2. The number of rotatable bonds is 3. The average Bonchev–Trinajstić information content (AvgIpc) is 2.36. The third kappa shape index (κ3) is 2.68. The van der Waals surface area contributed by atoms with Crippen LogP contribution in [0.25, 0.3) is 0 Å². The predicted molar refractivity (Wildman–Crippen MR) is 59.2 cm³/mol. The summed E-state index contributed by atoms with van der Waals surface area (Å²) in [5, 5.41) is 9.84. The number of halogens is 3. The van der Waals surface area contributed by atoms with Crippen molar-refractivity contribution in [3.63, 3.8) is 0 Å². The SMILES string of the molecule is OC(Cc1ccncc1)c1cc(F)c(F)c(F)c1. The van der Waals surface area contributed by atoms with E-state index in [9.17, 15) is 18.3 Å². The van der Waals surface area contributed by atoms with Gasteiger partial charge in [-0.1, -0.05) is 0 Å². The monoisotopic (exact) mass is 253 g/mol. The minimum atomic E-state index is -1.53. The van der Waals surface area contributed by atoms with Crippen LogP contribution in [0.5, 0.6) is 0 Å². The van der Waals surface area contributed by atoms with E-state index in [0.29, 0.717) is 0 Å². The normalized spacial score (nSPS) is 12.4. The molecule has 1 aromatic heterocycles. The maximum Gasteiger partial charge on any atom is 0.194 e. The van der Waals surface area contributed by atoms with Crippen LogP contribution in [0.4, 0.5) is 13.2 Å². The van der Waals surface area contributed by atoms with Crippen LogP contribution in [0.3, 0.4) is 0 Å². The first-order valence-corrected chi connectivity index (χ1v) is 5.29. The van der Waals surface area contributed by atoms with Gasteiger partial charge >= 0.3 is 0 Å². The van der Waals surface area contributed by atoms with E-state index in [2.05, 4.69) is 4.98 Å². The summed E-state index contributed by atoms with van der Waals surface area (Å²) in [4.78, 5) is 3.81. The third-order valence-electron chi connectivity index (χ3n) is 2.57. The van der Waals surface area contributed by atoms with E-state index in [1.54, 1.807) is 24.5 Å². The summed E-state index contributed by atoms with van der Waals surface area (Å²) in [6, 6.07) is 4.95. The maximum absolute atomic E-state index is 13.0. The number of hydrogen-bond donors (Lipinski definition) is 1. The Labute approximate surface area is 102 Å². The maximum atomic E-state index is 13.0. The van der Waals surface area contributed by atoms with Crippen molar-refractivity contribution in [2.75, 3.05) is 0 Å². The zero-order valence-electron chi connectivity index (χ0n) is 9.28. The summed E-state index contributed by atoms with van der Waals surface area (Å²) in [6.45, 7) is 0. The Morgan fingerprint density at radius 3 is 2.17 bits per heavy atom. The lowest BCUT2D eigenvalue weighted by Gasteiger charge is -2.11. The van der Waals surface area contributed by atoms with Crippen LogP contribution in [-0.4, -0.2) is 10.1 Å². The van der Waals surface area contributed by atoms with Gasteiger partial charge in [-0.25, -0.2) is 13.2 Å². The molecule has 18 heavy (non-hydrogen) atoms. The lowest BCUT2D eigenvalue weighted by molar-refractivity contribution is 0.177. The fourth-order valence-electron chi connectivity index (χ4n) is 1.63. The molecule has 0 saturated heterocycles. The van der Waals surface area contributed by atoms with Gasteiger partial charge in [-0.05, 0) is 35.4 Å². The van der Waals surface area contributed by atoms with Crippen LogP contribution in [0, 0.1) is 17.5 Å². The van der Waals surface area contributed by atoms with Crippen molar-refractivity contribution in [3.8, 4) is 0 Å². The van der Waals surface area contributed by atoms with E-state index >= 15 is 0 Å². The van der Waals surface area contributed by atoms with Gasteiger partial charge in [-0.2, -0.15) is 0 Å². The second-order valence-corrected chi connectivity index (χ2v) is 3.87. The number of aliphatic hydroxyl groups is 1. The zero-order chi connectivity index (χ0) is 13.1. The van der Waals surface area contributed by atoms with Crippen molar-refractivity contribution in [1.29, 1.82) is 0 Å². The van der Waals surface area contributed by atoms with E-state index in [0.717, 1.165) is 17.7 Å². The Bertz CT molecular complexity index is 522. The highest BCUT2D eigenvalue weighted by Crippen LogP contribution is 2.22. The van der Waals surface area contributed by atoms with Gasteiger partial charge in [0, 0.05) is 18.8 Å². The van der Waals surface area contributed by atoms with Gasteiger partial charge in [0.25, 0.3) is 0 Å². The molecule has 94 valence electrons. The Balaban J connectivity index is 2.22. The van der Waals surface area contributed by atoms with Gasteiger partial charge in [0.2, 0.25) is 0 Å². The summed E-state index contributed by atoms with van der Waals surface area (Å²) in [6.07, 6.45) is 2.17. The Hall–Kier alpha value is -1.88. The van der Waals surface area contributed by atoms with Gasteiger partial charge in [-0.15, -0.1) is 0 Å². The molecule has 1 heterocycles. The van der Waals surface area contributed by atoms with Gasteiger partial charge in [0.05, 0.1) is 6.10 Å². The zero-order valence-corrected chi connectivity index (χ0v) is 9.28. The minimum absolute atomic E-state index is 0.00297. The molecule has 0 aliphatic rings. The number of pyridine rings is 1. The van der Waals surface area contributed by atoms with Crippen molar-refractivity contribution < 1.29 is 18.3 Å². The first kappa shape index (κ1) is 12.6. The molecule has 1 unspecified atom stereocenters. The Morgan fingerprint density at radius 1 is 1.06 bits per heavy atom. The fraction of sp³-hybridized carbons (Fsp3) is 0.154. The molecule has 1 aromatic carbocycles. The molecule has 0 spiro atoms. The van der Waals surface area contributed by atoms with Crippen molar-refractivity contribution in [3.05, 3.63) is 65.2 Å². The molecule has 0 bridgehead atoms. The number of aromatic nitrogens is 1. The molecule has 5 heteroatoms. The number of nitrogens with zero attached hydrogens (tertiary/aromatic N) is 1. The molecule has 2 nitrogen and oxygen atoms in total. The van der Waals surface area contributed by atoms with E-state index in [1.165, 1.54) is 0 Å². The van der Waals surface area contributed by atoms with Crippen molar-refractivity contribution in [1.82, 2.24) is 4.98 Å². The fourth-order valence-corrected chi connectivity index (χ4v) is 1.63. The summed E-state index contributed by atoms with van der Waals surface area (Å²) >= 11 is 0. The first-order chi connectivity index (χ1) is 8.58. The summed E-state index contributed by atoms with van der Waals surface area (Å²) < 4.78 is 38.8. The van der Waals surface area contributed by atoms with Crippen LogP contribution in [0.2, 0.25) is 0 Å². The molecule has 2 aromatic rings. The van der Waals surface area contributed by atoms with Crippen LogP contribution in [0.15, 0.2) is 36.7 Å². The highest BCUT2D eigenvalue weighted by molar-refractivity contribution is 5.23. The molecular formula is C13H10F3NO. The van der Waals surface area contributed by atoms with Crippen LogP contribution in [-0.2, 0) is 6.42 Å². The van der Waals surface area contributed by atoms with E-state index in [4.69, 9.17) is 0 Å². The van der Waals surface area contributed by atoms with Crippen molar-refractivity contribution in [2.24, 2.45) is 0 Å². The largest absolute Gasteiger partial charge is 0.388 e. The lowest BCUT2D eigenvalue weighted by atomic mass is 10.0. The minimum Gasteiger partial charge on any atom is -0.388 e. The molecule has 0 aliphatic heterocycles. The summed E-state index contributed by atoms with van der Waals surface area (Å²) in [7, 11) is 0. The highest BCUT2D eigenvalue weighted by Gasteiger charge is 2.15. The smallest absolute Gasteiger partial charge is 0.194 e.